The molecule has 0 aliphatic heterocycles. The van der Waals surface area contributed by atoms with E-state index in [0.717, 1.165) is 25.8 Å². The van der Waals surface area contributed by atoms with E-state index in [1.807, 2.05) is 6.07 Å². The number of anilines is 1. The predicted molar refractivity (Wildman–Crippen MR) is 72.6 cm³/mol. The van der Waals surface area contributed by atoms with Crippen molar-refractivity contribution in [3.63, 3.8) is 0 Å². The van der Waals surface area contributed by atoms with E-state index in [4.69, 9.17) is 22.0 Å². The Hall–Kier alpha value is -1.31. The quantitative estimate of drug-likeness (QED) is 0.746. The molecule has 1 atom stereocenters. The molecular formula is C13H18ClN3O. The fourth-order valence-corrected chi connectivity index (χ4v) is 2.05. The summed E-state index contributed by atoms with van der Waals surface area (Å²) in [5.41, 5.74) is 0.492. The Morgan fingerprint density at radius 3 is 2.89 bits per heavy atom. The number of aliphatic hydroxyl groups is 1. The summed E-state index contributed by atoms with van der Waals surface area (Å²) in [6.45, 7) is 3.04. The molecule has 5 heteroatoms. The molecule has 2 N–H and O–H groups in total. The molecule has 18 heavy (non-hydrogen) atoms. The third-order valence-corrected chi connectivity index (χ3v) is 2.92. The van der Waals surface area contributed by atoms with Gasteiger partial charge < -0.3 is 10.4 Å². The molecule has 0 aliphatic carbocycles. The molecule has 98 valence electrons. The summed E-state index contributed by atoms with van der Waals surface area (Å²) in [6.07, 6.45) is 2.91. The highest BCUT2D eigenvalue weighted by Crippen LogP contribution is 2.16. The molecule has 1 aromatic rings. The smallest absolute Gasteiger partial charge is 0.132 e. The maximum absolute atomic E-state index is 8.98. The van der Waals surface area contributed by atoms with Crippen LogP contribution in [0.15, 0.2) is 12.1 Å². The van der Waals surface area contributed by atoms with Crippen LogP contribution in [0.3, 0.4) is 0 Å². The number of rotatable bonds is 7. The maximum Gasteiger partial charge on any atom is 0.132 e. The van der Waals surface area contributed by atoms with Crippen molar-refractivity contribution in [2.24, 2.45) is 5.92 Å². The highest BCUT2D eigenvalue weighted by molar-refractivity contribution is 6.29. The molecule has 1 unspecified atom stereocenters. The van der Waals surface area contributed by atoms with Gasteiger partial charge in [-0.05, 0) is 30.9 Å². The first-order valence-corrected chi connectivity index (χ1v) is 6.49. The Labute approximate surface area is 113 Å². The molecule has 0 saturated carbocycles. The molecule has 0 bridgehead atoms. The minimum atomic E-state index is 0.193. The molecule has 0 aromatic carbocycles. The van der Waals surface area contributed by atoms with Crippen LogP contribution in [0.4, 0.5) is 5.82 Å². The Kier molecular flexibility index (Phi) is 6.48. The van der Waals surface area contributed by atoms with Crippen molar-refractivity contribution in [3.8, 4) is 6.07 Å². The molecule has 4 nitrogen and oxygen atoms in total. The number of nitrogens with one attached hydrogen (secondary N) is 1. The van der Waals surface area contributed by atoms with Gasteiger partial charge in [0.25, 0.3) is 0 Å². The zero-order valence-electron chi connectivity index (χ0n) is 10.5. The van der Waals surface area contributed by atoms with Gasteiger partial charge in [0.2, 0.25) is 0 Å². The lowest BCUT2D eigenvalue weighted by Gasteiger charge is -2.16. The van der Waals surface area contributed by atoms with E-state index in [0.29, 0.717) is 22.5 Å². The van der Waals surface area contributed by atoms with Crippen LogP contribution in [0.25, 0.3) is 0 Å². The summed E-state index contributed by atoms with van der Waals surface area (Å²) in [5.74, 6) is 1.02. The molecule has 1 heterocycles. The molecular weight excluding hydrogens is 250 g/mol. The standard InChI is InChI=1S/C13H18ClN3O/c1-2-3-10(4-5-18)9-16-13-7-11(8-15)6-12(14)17-13/h6-7,10,18H,2-5,9H2,1H3,(H,16,17). The first-order valence-electron chi connectivity index (χ1n) is 6.12. The molecule has 1 rings (SSSR count). The summed E-state index contributed by atoms with van der Waals surface area (Å²) < 4.78 is 0. The summed E-state index contributed by atoms with van der Waals surface area (Å²) in [6, 6.07) is 5.25. The second kappa shape index (κ2) is 7.91. The number of nitrogens with zero attached hydrogens (tertiary/aromatic N) is 2. The van der Waals surface area contributed by atoms with Crippen LogP contribution >= 0.6 is 11.6 Å². The number of hydrogen-bond donors (Lipinski definition) is 2. The van der Waals surface area contributed by atoms with E-state index in [9.17, 15) is 0 Å². The van der Waals surface area contributed by atoms with Crippen LogP contribution in [0, 0.1) is 17.2 Å². The summed E-state index contributed by atoms with van der Waals surface area (Å²) in [5, 5.41) is 21.3. The van der Waals surface area contributed by atoms with Gasteiger partial charge >= 0.3 is 0 Å². The molecule has 0 radical (unpaired) electrons. The predicted octanol–water partition coefficient (Wildman–Crippen LogP) is 2.82. The number of pyridine rings is 1. The van der Waals surface area contributed by atoms with Gasteiger partial charge in [-0.3, -0.25) is 0 Å². The summed E-state index contributed by atoms with van der Waals surface area (Å²) >= 11 is 5.82. The van der Waals surface area contributed by atoms with Crippen LogP contribution in [0.1, 0.15) is 31.7 Å². The van der Waals surface area contributed by atoms with Gasteiger partial charge in [-0.1, -0.05) is 24.9 Å². The number of halogens is 1. The monoisotopic (exact) mass is 267 g/mol. The van der Waals surface area contributed by atoms with Gasteiger partial charge in [-0.2, -0.15) is 5.26 Å². The number of aliphatic hydroxyl groups excluding tert-OH is 1. The highest BCUT2D eigenvalue weighted by Gasteiger charge is 2.08. The van der Waals surface area contributed by atoms with Crippen LogP contribution in [0.2, 0.25) is 5.15 Å². The highest BCUT2D eigenvalue weighted by atomic mass is 35.5. The largest absolute Gasteiger partial charge is 0.396 e. The Morgan fingerprint density at radius 1 is 1.50 bits per heavy atom. The lowest BCUT2D eigenvalue weighted by atomic mass is 10.0. The third-order valence-electron chi connectivity index (χ3n) is 2.73. The van der Waals surface area contributed by atoms with Crippen LogP contribution in [-0.4, -0.2) is 23.2 Å². The molecule has 0 aliphatic rings. The Bertz CT molecular complexity index is 411. The topological polar surface area (TPSA) is 68.9 Å². The van der Waals surface area contributed by atoms with Gasteiger partial charge in [0.1, 0.15) is 11.0 Å². The number of nitriles is 1. The molecule has 0 spiro atoms. The van der Waals surface area contributed by atoms with Crippen molar-refractivity contribution >= 4 is 17.4 Å². The first kappa shape index (κ1) is 14.7. The van der Waals surface area contributed by atoms with Crippen molar-refractivity contribution in [2.75, 3.05) is 18.5 Å². The Morgan fingerprint density at radius 2 is 2.28 bits per heavy atom. The van der Waals surface area contributed by atoms with Crippen LogP contribution < -0.4 is 5.32 Å². The van der Waals surface area contributed by atoms with Gasteiger partial charge in [-0.25, -0.2) is 4.98 Å². The molecule has 0 fully saturated rings. The third kappa shape index (κ3) is 4.91. The number of hydrogen-bond acceptors (Lipinski definition) is 4. The van der Waals surface area contributed by atoms with E-state index in [1.54, 1.807) is 6.07 Å². The molecule has 0 saturated heterocycles. The average molecular weight is 268 g/mol. The average Bonchev–Trinajstić information content (AvgIpc) is 2.36. The van der Waals surface area contributed by atoms with E-state index < -0.39 is 0 Å². The summed E-state index contributed by atoms with van der Waals surface area (Å²) in [7, 11) is 0. The first-order chi connectivity index (χ1) is 8.69. The molecule has 0 amide bonds. The normalized spacial score (nSPS) is 11.9. The second-order valence-corrected chi connectivity index (χ2v) is 4.61. The summed E-state index contributed by atoms with van der Waals surface area (Å²) in [4.78, 5) is 4.11. The van der Waals surface area contributed by atoms with E-state index >= 15 is 0 Å². The van der Waals surface area contributed by atoms with E-state index in [-0.39, 0.29) is 6.61 Å². The number of aromatic nitrogens is 1. The van der Waals surface area contributed by atoms with Gasteiger partial charge in [0.15, 0.2) is 0 Å². The van der Waals surface area contributed by atoms with Gasteiger partial charge in [-0.15, -0.1) is 0 Å². The second-order valence-electron chi connectivity index (χ2n) is 4.22. The van der Waals surface area contributed by atoms with E-state index in [2.05, 4.69) is 17.2 Å². The minimum absolute atomic E-state index is 0.193. The lowest BCUT2D eigenvalue weighted by Crippen LogP contribution is -2.16. The fourth-order valence-electron chi connectivity index (χ4n) is 1.84. The van der Waals surface area contributed by atoms with Crippen molar-refractivity contribution in [3.05, 3.63) is 22.8 Å². The van der Waals surface area contributed by atoms with Crippen molar-refractivity contribution in [2.45, 2.75) is 26.2 Å². The van der Waals surface area contributed by atoms with Crippen LogP contribution in [-0.2, 0) is 0 Å². The fraction of sp³-hybridized carbons (Fsp3) is 0.538. The minimum Gasteiger partial charge on any atom is -0.396 e. The SMILES string of the molecule is CCCC(CCO)CNc1cc(C#N)cc(Cl)n1. The van der Waals surface area contributed by atoms with Crippen molar-refractivity contribution in [1.29, 1.82) is 5.26 Å². The van der Waals surface area contributed by atoms with Crippen LogP contribution in [0.5, 0.6) is 0 Å². The van der Waals surface area contributed by atoms with Crippen molar-refractivity contribution < 1.29 is 5.11 Å². The van der Waals surface area contributed by atoms with Gasteiger partial charge in [0.05, 0.1) is 11.6 Å². The lowest BCUT2D eigenvalue weighted by molar-refractivity contribution is 0.255. The van der Waals surface area contributed by atoms with E-state index in [1.165, 1.54) is 6.07 Å². The zero-order valence-corrected chi connectivity index (χ0v) is 11.2. The van der Waals surface area contributed by atoms with Gasteiger partial charge in [0, 0.05) is 13.2 Å². The Balaban J connectivity index is 2.61. The molecule has 1 aromatic heterocycles. The van der Waals surface area contributed by atoms with Crippen molar-refractivity contribution in [1.82, 2.24) is 4.98 Å². The maximum atomic E-state index is 8.98. The zero-order chi connectivity index (χ0) is 13.4.